The molecule has 0 radical (unpaired) electrons. The Morgan fingerprint density at radius 3 is 2.75 bits per heavy atom. The van der Waals surface area contributed by atoms with Crippen LogP contribution in [0.25, 0.3) is 0 Å². The third kappa shape index (κ3) is 2.70. The van der Waals surface area contributed by atoms with Gasteiger partial charge in [-0.05, 0) is 18.6 Å². The fourth-order valence-electron chi connectivity index (χ4n) is 1.44. The molecule has 1 aromatic carbocycles. The molecule has 1 amide bonds. The standard InChI is InChI=1S/C11H16FN3O/c1-2-7(6-13)15-9-5-3-4-8(12)10(9)11(14)16/h3-5,7,15H,2,6,13H2,1H3,(H2,14,16). The summed E-state index contributed by atoms with van der Waals surface area (Å²) in [6, 6.07) is 4.34. The second-order valence-electron chi connectivity index (χ2n) is 3.51. The summed E-state index contributed by atoms with van der Waals surface area (Å²) in [6.07, 6.45) is 0.783. The average Bonchev–Trinajstić information content (AvgIpc) is 2.25. The number of nitrogens with two attached hydrogens (primary N) is 2. The van der Waals surface area contributed by atoms with Crippen molar-refractivity contribution in [3.63, 3.8) is 0 Å². The second kappa shape index (κ2) is 5.46. The van der Waals surface area contributed by atoms with Crippen molar-refractivity contribution in [2.75, 3.05) is 11.9 Å². The monoisotopic (exact) mass is 225 g/mol. The Hall–Kier alpha value is -1.62. The van der Waals surface area contributed by atoms with Gasteiger partial charge in [-0.25, -0.2) is 4.39 Å². The van der Waals surface area contributed by atoms with Crippen molar-refractivity contribution in [1.29, 1.82) is 0 Å². The molecule has 0 aliphatic carbocycles. The average molecular weight is 225 g/mol. The van der Waals surface area contributed by atoms with Crippen LogP contribution in [0.4, 0.5) is 10.1 Å². The lowest BCUT2D eigenvalue weighted by Gasteiger charge is -2.18. The van der Waals surface area contributed by atoms with Crippen LogP contribution in [0.2, 0.25) is 0 Å². The van der Waals surface area contributed by atoms with Crippen molar-refractivity contribution in [1.82, 2.24) is 0 Å². The first-order valence-corrected chi connectivity index (χ1v) is 5.15. The molecule has 5 heteroatoms. The maximum absolute atomic E-state index is 13.4. The molecule has 16 heavy (non-hydrogen) atoms. The molecule has 0 fully saturated rings. The molecule has 1 unspecified atom stereocenters. The maximum Gasteiger partial charge on any atom is 0.253 e. The molecule has 1 rings (SSSR count). The van der Waals surface area contributed by atoms with Gasteiger partial charge in [-0.3, -0.25) is 4.79 Å². The summed E-state index contributed by atoms with van der Waals surface area (Å²) in [7, 11) is 0. The van der Waals surface area contributed by atoms with Crippen LogP contribution >= 0.6 is 0 Å². The third-order valence-electron chi connectivity index (χ3n) is 2.40. The number of amides is 1. The van der Waals surface area contributed by atoms with Crippen molar-refractivity contribution in [2.45, 2.75) is 19.4 Å². The zero-order valence-electron chi connectivity index (χ0n) is 9.16. The fraction of sp³-hybridized carbons (Fsp3) is 0.364. The van der Waals surface area contributed by atoms with E-state index in [9.17, 15) is 9.18 Å². The topological polar surface area (TPSA) is 81.1 Å². The van der Waals surface area contributed by atoms with E-state index in [4.69, 9.17) is 11.5 Å². The fourth-order valence-corrected chi connectivity index (χ4v) is 1.44. The molecule has 0 heterocycles. The van der Waals surface area contributed by atoms with Gasteiger partial charge in [0.1, 0.15) is 5.82 Å². The number of rotatable bonds is 5. The molecule has 5 N–H and O–H groups in total. The molecule has 0 aliphatic rings. The highest BCUT2D eigenvalue weighted by Crippen LogP contribution is 2.19. The molecule has 4 nitrogen and oxygen atoms in total. The first-order chi connectivity index (χ1) is 7.60. The Bertz CT molecular complexity index is 377. The first-order valence-electron chi connectivity index (χ1n) is 5.15. The van der Waals surface area contributed by atoms with Crippen molar-refractivity contribution < 1.29 is 9.18 Å². The summed E-state index contributed by atoms with van der Waals surface area (Å²) in [5.74, 6) is -1.41. The molecular formula is C11H16FN3O. The van der Waals surface area contributed by atoms with E-state index >= 15 is 0 Å². The van der Waals surface area contributed by atoms with E-state index in [1.165, 1.54) is 12.1 Å². The van der Waals surface area contributed by atoms with Crippen molar-refractivity contribution in [3.05, 3.63) is 29.6 Å². The van der Waals surface area contributed by atoms with Crippen LogP contribution in [0.15, 0.2) is 18.2 Å². The number of carbonyl (C=O) groups excluding carboxylic acids is 1. The minimum atomic E-state index is -0.785. The largest absolute Gasteiger partial charge is 0.380 e. The van der Waals surface area contributed by atoms with Gasteiger partial charge in [0.15, 0.2) is 0 Å². The Labute approximate surface area is 93.8 Å². The molecule has 0 aliphatic heterocycles. The quantitative estimate of drug-likeness (QED) is 0.701. The maximum atomic E-state index is 13.4. The van der Waals surface area contributed by atoms with Gasteiger partial charge in [0.05, 0.1) is 11.3 Å². The molecule has 1 aromatic rings. The Morgan fingerprint density at radius 2 is 2.25 bits per heavy atom. The first kappa shape index (κ1) is 12.4. The number of carbonyl (C=O) groups is 1. The molecule has 88 valence electrons. The van der Waals surface area contributed by atoms with Crippen LogP contribution in [0, 0.1) is 5.82 Å². The van der Waals surface area contributed by atoms with Crippen LogP contribution in [0.3, 0.4) is 0 Å². The van der Waals surface area contributed by atoms with Crippen molar-refractivity contribution >= 4 is 11.6 Å². The van der Waals surface area contributed by atoms with Gasteiger partial charge < -0.3 is 16.8 Å². The smallest absolute Gasteiger partial charge is 0.253 e. The van der Waals surface area contributed by atoms with Gasteiger partial charge >= 0.3 is 0 Å². The van der Waals surface area contributed by atoms with E-state index in [0.29, 0.717) is 12.2 Å². The lowest BCUT2D eigenvalue weighted by Crippen LogP contribution is -2.29. The van der Waals surface area contributed by atoms with Crippen molar-refractivity contribution in [3.8, 4) is 0 Å². The molecule has 0 saturated heterocycles. The Balaban J connectivity index is 3.03. The van der Waals surface area contributed by atoms with Crippen LogP contribution in [-0.4, -0.2) is 18.5 Å². The molecular weight excluding hydrogens is 209 g/mol. The normalized spacial score (nSPS) is 12.2. The van der Waals surface area contributed by atoms with Crippen LogP contribution in [0.5, 0.6) is 0 Å². The number of hydrogen-bond donors (Lipinski definition) is 3. The van der Waals surface area contributed by atoms with E-state index in [1.807, 2.05) is 6.92 Å². The van der Waals surface area contributed by atoms with Gasteiger partial charge in [-0.15, -0.1) is 0 Å². The van der Waals surface area contributed by atoms with E-state index in [2.05, 4.69) is 5.32 Å². The van der Waals surface area contributed by atoms with Crippen molar-refractivity contribution in [2.24, 2.45) is 11.5 Å². The van der Waals surface area contributed by atoms with E-state index in [-0.39, 0.29) is 11.6 Å². The molecule has 0 aromatic heterocycles. The van der Waals surface area contributed by atoms with Crippen LogP contribution in [-0.2, 0) is 0 Å². The van der Waals surface area contributed by atoms with Gasteiger partial charge in [0.2, 0.25) is 0 Å². The van der Waals surface area contributed by atoms with E-state index < -0.39 is 11.7 Å². The van der Waals surface area contributed by atoms with Crippen LogP contribution in [0.1, 0.15) is 23.7 Å². The Kier molecular flexibility index (Phi) is 4.25. The number of benzene rings is 1. The van der Waals surface area contributed by atoms with Crippen LogP contribution < -0.4 is 16.8 Å². The lowest BCUT2D eigenvalue weighted by molar-refractivity contribution is 0.0997. The predicted molar refractivity (Wildman–Crippen MR) is 61.7 cm³/mol. The minimum absolute atomic E-state index is 0.0000926. The highest BCUT2D eigenvalue weighted by atomic mass is 19.1. The highest BCUT2D eigenvalue weighted by Gasteiger charge is 2.15. The highest BCUT2D eigenvalue weighted by molar-refractivity contribution is 5.98. The SMILES string of the molecule is CCC(CN)Nc1cccc(F)c1C(N)=O. The summed E-state index contributed by atoms with van der Waals surface area (Å²) in [4.78, 5) is 11.1. The molecule has 0 saturated carbocycles. The van der Waals surface area contributed by atoms with E-state index in [0.717, 1.165) is 6.42 Å². The summed E-state index contributed by atoms with van der Waals surface area (Å²) < 4.78 is 13.4. The summed E-state index contributed by atoms with van der Waals surface area (Å²) >= 11 is 0. The van der Waals surface area contributed by atoms with E-state index in [1.54, 1.807) is 6.07 Å². The zero-order valence-corrected chi connectivity index (χ0v) is 9.16. The lowest BCUT2D eigenvalue weighted by atomic mass is 10.1. The summed E-state index contributed by atoms with van der Waals surface area (Å²) in [6.45, 7) is 2.36. The third-order valence-corrected chi connectivity index (χ3v) is 2.40. The Morgan fingerprint density at radius 1 is 1.56 bits per heavy atom. The second-order valence-corrected chi connectivity index (χ2v) is 3.51. The molecule has 1 atom stereocenters. The predicted octanol–water partition coefficient (Wildman–Crippen LogP) is 1.07. The number of primary amides is 1. The number of anilines is 1. The number of nitrogens with one attached hydrogen (secondary N) is 1. The summed E-state index contributed by atoms with van der Waals surface area (Å²) in [5, 5.41) is 3.00. The van der Waals surface area contributed by atoms with Gasteiger partial charge in [0.25, 0.3) is 5.91 Å². The number of hydrogen-bond acceptors (Lipinski definition) is 3. The van der Waals surface area contributed by atoms with Gasteiger partial charge in [0, 0.05) is 12.6 Å². The van der Waals surface area contributed by atoms with Gasteiger partial charge in [-0.2, -0.15) is 0 Å². The summed E-state index contributed by atoms with van der Waals surface area (Å²) in [5.41, 5.74) is 10.9. The van der Waals surface area contributed by atoms with Gasteiger partial charge in [-0.1, -0.05) is 13.0 Å². The molecule has 0 spiro atoms. The minimum Gasteiger partial charge on any atom is -0.380 e. The zero-order chi connectivity index (χ0) is 12.1. The molecule has 0 bridgehead atoms. The number of halogens is 1.